The van der Waals surface area contributed by atoms with E-state index in [2.05, 4.69) is 10.6 Å². The second-order valence-electron chi connectivity index (χ2n) is 6.27. The first kappa shape index (κ1) is 15.3. The van der Waals surface area contributed by atoms with Crippen LogP contribution >= 0.6 is 0 Å². The molecule has 6 heteroatoms. The molecule has 0 aromatic carbocycles. The van der Waals surface area contributed by atoms with Crippen molar-refractivity contribution in [3.63, 3.8) is 0 Å². The zero-order chi connectivity index (χ0) is 15.0. The summed E-state index contributed by atoms with van der Waals surface area (Å²) < 4.78 is 5.76. The Morgan fingerprint density at radius 3 is 2.70 bits per heavy atom. The maximum atomic E-state index is 12.5. The number of rotatable bonds is 4. The molecule has 114 valence electrons. The van der Waals surface area contributed by atoms with Crippen molar-refractivity contribution >= 4 is 11.8 Å². The van der Waals surface area contributed by atoms with E-state index in [0.29, 0.717) is 6.54 Å². The van der Waals surface area contributed by atoms with Crippen LogP contribution in [0, 0.1) is 11.3 Å². The van der Waals surface area contributed by atoms with Crippen molar-refractivity contribution < 1.29 is 14.3 Å². The van der Waals surface area contributed by atoms with Gasteiger partial charge in [-0.25, -0.2) is 0 Å². The van der Waals surface area contributed by atoms with Gasteiger partial charge in [-0.2, -0.15) is 0 Å². The molecule has 2 rings (SSSR count). The number of likely N-dealkylation sites (N-methyl/N-ethyl adjacent to an activating group) is 1. The Bertz CT molecular complexity index is 410. The number of nitrogens with one attached hydrogen (secondary N) is 2. The van der Waals surface area contributed by atoms with Crippen LogP contribution in [0.15, 0.2) is 0 Å². The van der Waals surface area contributed by atoms with Gasteiger partial charge >= 0.3 is 0 Å². The molecule has 3 unspecified atom stereocenters. The van der Waals surface area contributed by atoms with E-state index >= 15 is 0 Å². The molecule has 2 amide bonds. The average Bonchev–Trinajstić information content (AvgIpc) is 2.44. The lowest BCUT2D eigenvalue weighted by molar-refractivity contribution is -0.225. The number of ether oxygens (including phenoxy) is 1. The lowest BCUT2D eigenvalue weighted by Gasteiger charge is -2.65. The van der Waals surface area contributed by atoms with E-state index in [1.807, 2.05) is 20.8 Å². The summed E-state index contributed by atoms with van der Waals surface area (Å²) in [4.78, 5) is 23.9. The Balaban J connectivity index is 2.02. The number of hydrogen-bond acceptors (Lipinski definition) is 4. The first-order valence-electron chi connectivity index (χ1n) is 7.31. The van der Waals surface area contributed by atoms with Crippen LogP contribution in [0.25, 0.3) is 0 Å². The number of hydrogen-bond donors (Lipinski definition) is 3. The largest absolute Gasteiger partial charge is 0.377 e. The van der Waals surface area contributed by atoms with E-state index in [0.717, 1.165) is 19.4 Å². The Morgan fingerprint density at radius 1 is 1.35 bits per heavy atom. The number of carbonyl (C=O) groups is 2. The first-order valence-corrected chi connectivity index (χ1v) is 7.31. The molecule has 0 radical (unpaired) electrons. The average molecular weight is 283 g/mol. The standard InChI is InChI=1S/C14H25N3O3/c1-4-16-10(18)8-17-12(19)14(15)9-6-5-7-20-11(9)13(14,2)3/h9,11H,4-8,15H2,1-3H3,(H,16,18)(H,17,19). The van der Waals surface area contributed by atoms with E-state index in [9.17, 15) is 9.59 Å². The topological polar surface area (TPSA) is 93.5 Å². The van der Waals surface area contributed by atoms with Gasteiger partial charge in [-0.05, 0) is 19.8 Å². The molecular weight excluding hydrogens is 258 g/mol. The molecule has 2 aliphatic rings. The van der Waals surface area contributed by atoms with Gasteiger partial charge in [0.1, 0.15) is 5.54 Å². The van der Waals surface area contributed by atoms with Gasteiger partial charge in [-0.1, -0.05) is 13.8 Å². The van der Waals surface area contributed by atoms with E-state index in [1.165, 1.54) is 0 Å². The van der Waals surface area contributed by atoms with Crippen LogP contribution in [0.3, 0.4) is 0 Å². The number of amides is 2. The molecule has 1 heterocycles. The van der Waals surface area contributed by atoms with Gasteiger partial charge in [0.05, 0.1) is 12.6 Å². The van der Waals surface area contributed by atoms with E-state index < -0.39 is 11.0 Å². The molecule has 20 heavy (non-hydrogen) atoms. The maximum Gasteiger partial charge on any atom is 0.241 e. The fourth-order valence-corrected chi connectivity index (χ4v) is 3.60. The van der Waals surface area contributed by atoms with Gasteiger partial charge in [-0.15, -0.1) is 0 Å². The summed E-state index contributed by atoms with van der Waals surface area (Å²) in [5.41, 5.74) is 5.05. The van der Waals surface area contributed by atoms with Crippen LogP contribution in [-0.2, 0) is 14.3 Å². The lowest BCUT2D eigenvalue weighted by Crippen LogP contribution is -2.82. The summed E-state index contributed by atoms with van der Waals surface area (Å²) in [6.45, 7) is 7.02. The summed E-state index contributed by atoms with van der Waals surface area (Å²) in [5, 5.41) is 5.31. The highest BCUT2D eigenvalue weighted by molar-refractivity contribution is 5.92. The fourth-order valence-electron chi connectivity index (χ4n) is 3.60. The first-order chi connectivity index (χ1) is 9.35. The summed E-state index contributed by atoms with van der Waals surface area (Å²) >= 11 is 0. The van der Waals surface area contributed by atoms with Gasteiger partial charge < -0.3 is 21.1 Å². The van der Waals surface area contributed by atoms with Crippen LogP contribution in [0.5, 0.6) is 0 Å². The van der Waals surface area contributed by atoms with Crippen molar-refractivity contribution in [2.75, 3.05) is 19.7 Å². The van der Waals surface area contributed by atoms with Crippen molar-refractivity contribution in [2.24, 2.45) is 17.1 Å². The molecule has 4 N–H and O–H groups in total. The highest BCUT2D eigenvalue weighted by atomic mass is 16.5. The molecule has 0 aromatic heterocycles. The summed E-state index contributed by atoms with van der Waals surface area (Å²) in [6, 6.07) is 0. The van der Waals surface area contributed by atoms with Crippen LogP contribution in [0.2, 0.25) is 0 Å². The predicted molar refractivity (Wildman–Crippen MR) is 74.9 cm³/mol. The zero-order valence-electron chi connectivity index (χ0n) is 12.5. The molecule has 1 saturated carbocycles. The van der Waals surface area contributed by atoms with Gasteiger partial charge in [0.15, 0.2) is 0 Å². The molecule has 6 nitrogen and oxygen atoms in total. The minimum absolute atomic E-state index is 0.0278. The van der Waals surface area contributed by atoms with Crippen LogP contribution in [0.1, 0.15) is 33.6 Å². The Labute approximate surface area is 119 Å². The molecule has 1 aliphatic carbocycles. The second-order valence-corrected chi connectivity index (χ2v) is 6.27. The normalized spacial score (nSPS) is 34.6. The van der Waals surface area contributed by atoms with E-state index in [-0.39, 0.29) is 30.4 Å². The van der Waals surface area contributed by atoms with Gasteiger partial charge in [-0.3, -0.25) is 9.59 Å². The molecule has 1 aliphatic heterocycles. The monoisotopic (exact) mass is 283 g/mol. The number of fused-ring (bicyclic) bond motifs is 1. The van der Waals surface area contributed by atoms with Crippen LogP contribution in [0.4, 0.5) is 0 Å². The van der Waals surface area contributed by atoms with Crippen LogP contribution in [-0.4, -0.2) is 43.2 Å². The highest BCUT2D eigenvalue weighted by Crippen LogP contribution is 2.57. The SMILES string of the molecule is CCNC(=O)CNC(=O)C1(N)C2CCCOC2C1(C)C. The van der Waals surface area contributed by atoms with Crippen molar-refractivity contribution in [1.29, 1.82) is 0 Å². The van der Waals surface area contributed by atoms with E-state index in [4.69, 9.17) is 10.5 Å². The van der Waals surface area contributed by atoms with Crippen molar-refractivity contribution in [3.05, 3.63) is 0 Å². The molecule has 3 atom stereocenters. The van der Waals surface area contributed by atoms with Crippen molar-refractivity contribution in [2.45, 2.75) is 45.3 Å². The molecule has 1 saturated heterocycles. The quantitative estimate of drug-likeness (QED) is 0.664. The second kappa shape index (κ2) is 5.33. The maximum absolute atomic E-state index is 12.5. The highest BCUT2D eigenvalue weighted by Gasteiger charge is 2.70. The summed E-state index contributed by atoms with van der Waals surface area (Å²) in [7, 11) is 0. The third-order valence-corrected chi connectivity index (χ3v) is 4.84. The lowest BCUT2D eigenvalue weighted by atomic mass is 9.46. The van der Waals surface area contributed by atoms with Crippen LogP contribution < -0.4 is 16.4 Å². The Kier molecular flexibility index (Phi) is 4.07. The van der Waals surface area contributed by atoms with Gasteiger partial charge in [0.2, 0.25) is 11.8 Å². The summed E-state index contributed by atoms with van der Waals surface area (Å²) in [5.74, 6) is -0.404. The van der Waals surface area contributed by atoms with Crippen molar-refractivity contribution in [1.82, 2.24) is 10.6 Å². The molecular formula is C14H25N3O3. The van der Waals surface area contributed by atoms with Gasteiger partial charge in [0.25, 0.3) is 0 Å². The number of carbonyl (C=O) groups excluding carboxylic acids is 2. The predicted octanol–water partition coefficient (Wildman–Crippen LogP) is -0.229. The number of nitrogens with two attached hydrogens (primary N) is 1. The third-order valence-electron chi connectivity index (χ3n) is 4.84. The molecule has 0 spiro atoms. The van der Waals surface area contributed by atoms with Gasteiger partial charge in [0, 0.05) is 24.5 Å². The third kappa shape index (κ3) is 2.11. The Morgan fingerprint density at radius 2 is 2.05 bits per heavy atom. The fraction of sp³-hybridized carbons (Fsp3) is 0.857. The van der Waals surface area contributed by atoms with E-state index in [1.54, 1.807) is 0 Å². The summed E-state index contributed by atoms with van der Waals surface area (Å²) in [6.07, 6.45) is 1.87. The Hall–Kier alpha value is -1.14. The molecule has 0 bridgehead atoms. The zero-order valence-corrected chi connectivity index (χ0v) is 12.5. The minimum atomic E-state index is -0.954. The molecule has 2 fully saturated rings. The smallest absolute Gasteiger partial charge is 0.241 e. The molecule has 0 aromatic rings. The minimum Gasteiger partial charge on any atom is -0.377 e. The van der Waals surface area contributed by atoms with Crippen molar-refractivity contribution in [3.8, 4) is 0 Å².